The van der Waals surface area contributed by atoms with Crippen molar-refractivity contribution in [2.75, 3.05) is 6.61 Å². The molecule has 1 aliphatic rings. The van der Waals surface area contributed by atoms with Gasteiger partial charge in [0.05, 0.1) is 0 Å². The quantitative estimate of drug-likeness (QED) is 0.179. The number of rotatable bonds is 5. The highest BCUT2D eigenvalue weighted by atomic mass is 16.6. The lowest BCUT2D eigenvalue weighted by atomic mass is 9.96. The number of nitrogens with zero attached hydrogens (tertiary/aromatic N) is 4. The van der Waals surface area contributed by atoms with E-state index in [4.69, 9.17) is 31.1 Å². The number of esters is 3. The predicted molar refractivity (Wildman–Crippen MR) is 75.9 cm³/mol. The van der Waals surface area contributed by atoms with E-state index in [-0.39, 0.29) is 6.61 Å². The van der Waals surface area contributed by atoms with Gasteiger partial charge in [0, 0.05) is 25.7 Å². The van der Waals surface area contributed by atoms with Crippen LogP contribution in [0.5, 0.6) is 0 Å². The van der Waals surface area contributed by atoms with Gasteiger partial charge in [0.1, 0.15) is 12.7 Å². The minimum atomic E-state index is -1.29. The van der Waals surface area contributed by atoms with Crippen LogP contribution in [0.25, 0.3) is 15.3 Å². The van der Waals surface area contributed by atoms with Crippen LogP contribution in [0.4, 0.5) is 0 Å². The molecule has 1 rings (SSSR count). The minimum Gasteiger partial charge on any atom is -0.463 e. The second-order valence-corrected chi connectivity index (χ2v) is 4.84. The van der Waals surface area contributed by atoms with E-state index in [1.807, 2.05) is 0 Å². The van der Waals surface area contributed by atoms with Crippen LogP contribution in [0.1, 0.15) is 20.8 Å². The molecule has 11 nitrogen and oxygen atoms in total. The fourth-order valence-electron chi connectivity index (χ4n) is 2.19. The minimum absolute atomic E-state index is 0.333. The van der Waals surface area contributed by atoms with Gasteiger partial charge in [0.2, 0.25) is 0 Å². The van der Waals surface area contributed by atoms with E-state index < -0.39 is 48.5 Å². The first-order chi connectivity index (χ1) is 11.3. The molecule has 0 amide bonds. The second-order valence-electron chi connectivity index (χ2n) is 4.84. The van der Waals surface area contributed by atoms with Crippen molar-refractivity contribution < 1.29 is 33.3 Å². The van der Waals surface area contributed by atoms with Crippen LogP contribution in [-0.4, -0.2) is 55.1 Å². The lowest BCUT2D eigenvalue weighted by Crippen LogP contribution is -2.59. The smallest absolute Gasteiger partial charge is 0.340 e. The zero-order chi connectivity index (χ0) is 18.3. The number of carbonyl (C=O) groups excluding carboxylic acids is 3. The molecular weight excluding hydrogens is 324 g/mol. The summed E-state index contributed by atoms with van der Waals surface area (Å²) in [5.41, 5.74) is 8.68. The van der Waals surface area contributed by atoms with Crippen molar-refractivity contribution in [2.45, 2.75) is 51.4 Å². The molecule has 0 N–H and O–H groups in total. The van der Waals surface area contributed by atoms with Gasteiger partial charge < -0.3 is 14.2 Å². The summed E-state index contributed by atoms with van der Waals surface area (Å²) < 4.78 is 20.4. The highest BCUT2D eigenvalue weighted by molar-refractivity contribution is 5.68. The van der Waals surface area contributed by atoms with Crippen LogP contribution in [0.15, 0.2) is 5.11 Å². The van der Waals surface area contributed by atoms with Gasteiger partial charge in [-0.25, -0.2) is 6.57 Å². The Morgan fingerprint density at radius 1 is 1.12 bits per heavy atom. The molecule has 0 aromatic rings. The van der Waals surface area contributed by atoms with Crippen molar-refractivity contribution in [1.82, 2.24) is 0 Å². The zero-order valence-corrected chi connectivity index (χ0v) is 13.2. The summed E-state index contributed by atoms with van der Waals surface area (Å²) in [6, 6.07) is -1.23. The Balaban J connectivity index is 3.22. The van der Waals surface area contributed by atoms with Gasteiger partial charge in [0.25, 0.3) is 0 Å². The molecule has 0 bridgehead atoms. The fraction of sp³-hybridized carbons (Fsp3) is 0.692. The lowest BCUT2D eigenvalue weighted by Gasteiger charge is -2.39. The second kappa shape index (κ2) is 8.71. The van der Waals surface area contributed by atoms with Crippen LogP contribution in [0, 0.1) is 6.57 Å². The monoisotopic (exact) mass is 340 g/mol. The first-order valence-corrected chi connectivity index (χ1v) is 6.84. The molecule has 0 radical (unpaired) electrons. The van der Waals surface area contributed by atoms with Gasteiger partial charge in [-0.15, -0.1) is 0 Å². The molecule has 1 saturated heterocycles. The van der Waals surface area contributed by atoms with E-state index in [2.05, 4.69) is 14.9 Å². The van der Waals surface area contributed by atoms with Crippen LogP contribution in [-0.2, 0) is 33.3 Å². The Bertz CT molecular complexity index is 596. The fourth-order valence-corrected chi connectivity index (χ4v) is 2.19. The Hall–Kier alpha value is -2.83. The maximum Gasteiger partial charge on any atom is 0.340 e. The normalized spacial score (nSPS) is 28.7. The Morgan fingerprint density at radius 3 is 2.17 bits per heavy atom. The number of ether oxygens (including phenoxy) is 4. The molecule has 0 aromatic carbocycles. The topological polar surface area (TPSA) is 141 Å². The van der Waals surface area contributed by atoms with Crippen LogP contribution >= 0.6 is 0 Å². The molecule has 0 spiro atoms. The van der Waals surface area contributed by atoms with E-state index in [0.29, 0.717) is 0 Å². The molecule has 0 aliphatic carbocycles. The molecule has 24 heavy (non-hydrogen) atoms. The van der Waals surface area contributed by atoms with Gasteiger partial charge in [-0.2, -0.15) is 0 Å². The van der Waals surface area contributed by atoms with Crippen molar-refractivity contribution in [2.24, 2.45) is 5.11 Å². The molecule has 1 fully saturated rings. The van der Waals surface area contributed by atoms with Gasteiger partial charge in [-0.3, -0.25) is 24.0 Å². The first kappa shape index (κ1) is 19.2. The Morgan fingerprint density at radius 2 is 1.71 bits per heavy atom. The van der Waals surface area contributed by atoms with Crippen molar-refractivity contribution in [3.8, 4) is 0 Å². The summed E-state index contributed by atoms with van der Waals surface area (Å²) in [6.45, 7) is 10.2. The molecule has 5 atom stereocenters. The van der Waals surface area contributed by atoms with E-state index in [1.165, 1.54) is 6.92 Å². The van der Waals surface area contributed by atoms with Gasteiger partial charge in [-0.05, 0) is 5.53 Å². The largest absolute Gasteiger partial charge is 0.463 e. The van der Waals surface area contributed by atoms with E-state index in [9.17, 15) is 14.4 Å². The zero-order valence-electron chi connectivity index (χ0n) is 13.2. The molecule has 0 saturated carbocycles. The Labute approximate surface area is 137 Å². The average Bonchev–Trinajstić information content (AvgIpc) is 2.48. The van der Waals surface area contributed by atoms with Crippen LogP contribution < -0.4 is 0 Å². The summed E-state index contributed by atoms with van der Waals surface area (Å²) in [6.07, 6.45) is -4.82. The van der Waals surface area contributed by atoms with Crippen molar-refractivity contribution in [3.05, 3.63) is 21.9 Å². The summed E-state index contributed by atoms with van der Waals surface area (Å²) in [4.78, 5) is 39.5. The average molecular weight is 340 g/mol. The number of azide groups is 1. The third-order valence-electron chi connectivity index (χ3n) is 3.00. The van der Waals surface area contributed by atoms with Crippen molar-refractivity contribution >= 4 is 17.9 Å². The number of hydrogen-bond acceptors (Lipinski definition) is 8. The molecular formula is C13H16N4O7. The third-order valence-corrected chi connectivity index (χ3v) is 3.00. The summed E-state index contributed by atoms with van der Waals surface area (Å²) in [5.74, 6) is -2.05. The SMILES string of the molecule is [C-]#[N+][C@@H]1O[C@H](COC(C)=O)[C@@H](OC(C)=O)[C@H](OC(C)=O)[C@H]1N=[N+]=[N-]. The molecule has 1 aliphatic heterocycles. The van der Waals surface area contributed by atoms with E-state index >= 15 is 0 Å². The molecule has 1 heterocycles. The van der Waals surface area contributed by atoms with Crippen molar-refractivity contribution in [3.63, 3.8) is 0 Å². The molecule has 0 unspecified atom stereocenters. The maximum absolute atomic E-state index is 11.4. The Kier molecular flexibility index (Phi) is 6.98. The predicted octanol–water partition coefficient (Wildman–Crippen LogP) is 0.736. The van der Waals surface area contributed by atoms with E-state index in [1.54, 1.807) is 0 Å². The maximum atomic E-state index is 11.4. The summed E-state index contributed by atoms with van der Waals surface area (Å²) in [5, 5.41) is 3.42. The number of hydrogen-bond donors (Lipinski definition) is 0. The molecule has 130 valence electrons. The van der Waals surface area contributed by atoms with Gasteiger partial charge in [0.15, 0.2) is 18.2 Å². The van der Waals surface area contributed by atoms with Crippen LogP contribution in [0.2, 0.25) is 0 Å². The van der Waals surface area contributed by atoms with Gasteiger partial charge >= 0.3 is 24.1 Å². The highest BCUT2D eigenvalue weighted by Gasteiger charge is 2.53. The third kappa shape index (κ3) is 5.12. The summed E-state index contributed by atoms with van der Waals surface area (Å²) in [7, 11) is 0. The first-order valence-electron chi connectivity index (χ1n) is 6.84. The van der Waals surface area contributed by atoms with Crippen LogP contribution in [0.3, 0.4) is 0 Å². The lowest BCUT2D eigenvalue weighted by molar-refractivity contribution is -0.214. The van der Waals surface area contributed by atoms with Crippen molar-refractivity contribution in [1.29, 1.82) is 0 Å². The molecule has 0 aromatic heterocycles. The molecule has 11 heteroatoms. The van der Waals surface area contributed by atoms with E-state index in [0.717, 1.165) is 13.8 Å². The van der Waals surface area contributed by atoms with Gasteiger partial charge in [-0.1, -0.05) is 5.11 Å². The number of carbonyl (C=O) groups is 3. The standard InChI is InChI=1S/C13H16N4O7/c1-6(18)21-5-9-11(22-7(2)19)12(23-8(3)20)10(16-17-14)13(15-4)24-9/h9-13H,5H2,1-3H3/t9-,10-,11-,12-,13-/m1/s1. The summed E-state index contributed by atoms with van der Waals surface area (Å²) >= 11 is 0. The highest BCUT2D eigenvalue weighted by Crippen LogP contribution is 2.29.